The first-order valence-electron chi connectivity index (χ1n) is 9.47. The largest absolute Gasteiger partial charge is 0.481 e. The van der Waals surface area contributed by atoms with Gasteiger partial charge in [-0.25, -0.2) is 9.48 Å². The van der Waals surface area contributed by atoms with Crippen LogP contribution < -0.4 is 5.32 Å². The third kappa shape index (κ3) is 3.57. The molecule has 2 aliphatic rings. The van der Waals surface area contributed by atoms with Gasteiger partial charge >= 0.3 is 12.1 Å². The number of rotatable bonds is 4. The maximum absolute atomic E-state index is 11.9. The summed E-state index contributed by atoms with van der Waals surface area (Å²) in [6.07, 6.45) is 0.765. The van der Waals surface area contributed by atoms with Gasteiger partial charge in [-0.15, -0.1) is 5.10 Å². The van der Waals surface area contributed by atoms with Crippen LogP contribution in [0.4, 0.5) is 10.7 Å². The van der Waals surface area contributed by atoms with Gasteiger partial charge < -0.3 is 9.84 Å². The minimum absolute atomic E-state index is 0.0408. The molecule has 1 amide bonds. The van der Waals surface area contributed by atoms with E-state index in [2.05, 4.69) is 38.5 Å². The summed E-state index contributed by atoms with van der Waals surface area (Å²) in [5, 5.41) is 16.5. The highest BCUT2D eigenvalue weighted by atomic mass is 16.5. The van der Waals surface area contributed by atoms with Crippen LogP contribution in [0.25, 0.3) is 0 Å². The number of benzene rings is 1. The monoisotopic (exact) mass is 385 g/mol. The third-order valence-electron chi connectivity index (χ3n) is 5.37. The van der Waals surface area contributed by atoms with Gasteiger partial charge in [-0.2, -0.15) is 4.98 Å². The number of carbonyl (C=O) groups excluding carboxylic acids is 1. The van der Waals surface area contributed by atoms with Crippen LogP contribution >= 0.6 is 0 Å². The number of nitrogens with zero attached hydrogens (tertiary/aromatic N) is 4. The van der Waals surface area contributed by atoms with Gasteiger partial charge in [0.05, 0.1) is 13.2 Å². The molecule has 0 bridgehead atoms. The molecular weight excluding hydrogens is 362 g/mol. The van der Waals surface area contributed by atoms with Crippen LogP contribution in [0.2, 0.25) is 0 Å². The zero-order chi connectivity index (χ0) is 19.7. The average Bonchev–Trinajstić information content (AvgIpc) is 3.08. The first-order valence-corrected chi connectivity index (χ1v) is 9.47. The van der Waals surface area contributed by atoms with E-state index in [4.69, 9.17) is 4.74 Å². The Morgan fingerprint density at radius 2 is 2.11 bits per heavy atom. The second-order valence-corrected chi connectivity index (χ2v) is 7.09. The fraction of sp³-hybridized carbons (Fsp3) is 0.474. The average molecular weight is 385 g/mol. The fourth-order valence-corrected chi connectivity index (χ4v) is 4.01. The van der Waals surface area contributed by atoms with E-state index in [1.54, 1.807) is 11.6 Å². The summed E-state index contributed by atoms with van der Waals surface area (Å²) < 4.78 is 6.44. The predicted molar refractivity (Wildman–Crippen MR) is 100 cm³/mol. The molecule has 2 aliphatic heterocycles. The Morgan fingerprint density at radius 1 is 1.32 bits per heavy atom. The summed E-state index contributed by atoms with van der Waals surface area (Å²) in [6, 6.07) is 8.40. The lowest BCUT2D eigenvalue weighted by Gasteiger charge is -2.38. The summed E-state index contributed by atoms with van der Waals surface area (Å²) >= 11 is 0. The van der Waals surface area contributed by atoms with Gasteiger partial charge in [0.15, 0.2) is 0 Å². The van der Waals surface area contributed by atoms with Crippen molar-refractivity contribution in [1.29, 1.82) is 0 Å². The van der Waals surface area contributed by atoms with Crippen molar-refractivity contribution in [2.24, 2.45) is 0 Å². The molecule has 1 aromatic heterocycles. The van der Waals surface area contributed by atoms with E-state index in [0.717, 1.165) is 19.5 Å². The van der Waals surface area contributed by atoms with Gasteiger partial charge in [-0.05, 0) is 30.9 Å². The molecule has 9 heteroatoms. The van der Waals surface area contributed by atoms with Crippen molar-refractivity contribution in [3.8, 4) is 0 Å². The molecule has 0 fully saturated rings. The quantitative estimate of drug-likeness (QED) is 0.826. The molecule has 0 spiro atoms. The first-order chi connectivity index (χ1) is 13.5. The molecule has 148 valence electrons. The van der Waals surface area contributed by atoms with Gasteiger partial charge in [-0.3, -0.25) is 15.0 Å². The van der Waals surface area contributed by atoms with E-state index >= 15 is 0 Å². The molecule has 0 saturated heterocycles. The highest BCUT2D eigenvalue weighted by molar-refractivity contribution is 5.82. The van der Waals surface area contributed by atoms with Gasteiger partial charge in [-0.1, -0.05) is 24.3 Å². The third-order valence-corrected chi connectivity index (χ3v) is 5.37. The zero-order valence-electron chi connectivity index (χ0n) is 15.7. The number of fused-ring (bicyclic) bond motifs is 2. The van der Waals surface area contributed by atoms with Gasteiger partial charge in [0.1, 0.15) is 11.7 Å². The number of nitrogens with one attached hydrogen (secondary N) is 1. The number of hydrogen-bond donors (Lipinski definition) is 2. The topological polar surface area (TPSA) is 110 Å². The summed E-state index contributed by atoms with van der Waals surface area (Å²) in [5.41, 5.74) is 2.64. The van der Waals surface area contributed by atoms with Crippen LogP contribution in [0.3, 0.4) is 0 Å². The molecule has 3 heterocycles. The van der Waals surface area contributed by atoms with E-state index in [0.29, 0.717) is 18.8 Å². The Balaban J connectivity index is 1.55. The number of hydrogen-bond acceptors (Lipinski definition) is 6. The SMILES string of the molecule is CCOC(=O)Nc1nc2n(n1)CC(N1CCc3ccccc3C1)CC2C(=O)O. The van der Waals surface area contributed by atoms with E-state index in [1.807, 2.05) is 6.07 Å². The van der Waals surface area contributed by atoms with Crippen LogP contribution in [0, 0.1) is 0 Å². The van der Waals surface area contributed by atoms with Crippen LogP contribution in [0.15, 0.2) is 24.3 Å². The Morgan fingerprint density at radius 3 is 2.86 bits per heavy atom. The number of carbonyl (C=O) groups is 2. The standard InChI is InChI=1S/C19H23N5O4/c1-2-28-19(27)21-18-20-16-15(17(25)26)9-14(11-24(16)22-18)23-8-7-12-5-3-4-6-13(12)10-23/h3-6,14-15H,2,7-11H2,1H3,(H,25,26)(H,21,22,27). The highest BCUT2D eigenvalue weighted by Crippen LogP contribution is 2.32. The lowest BCUT2D eigenvalue weighted by molar-refractivity contribution is -0.140. The van der Waals surface area contributed by atoms with Crippen molar-refractivity contribution in [2.45, 2.75) is 44.8 Å². The molecule has 28 heavy (non-hydrogen) atoms. The van der Waals surface area contributed by atoms with E-state index < -0.39 is 18.0 Å². The van der Waals surface area contributed by atoms with Crippen molar-refractivity contribution < 1.29 is 19.4 Å². The number of amides is 1. The Kier molecular flexibility index (Phi) is 4.99. The molecule has 0 radical (unpaired) electrons. The van der Waals surface area contributed by atoms with Gasteiger partial charge in [0, 0.05) is 19.1 Å². The summed E-state index contributed by atoms with van der Waals surface area (Å²) in [6.45, 7) is 4.15. The van der Waals surface area contributed by atoms with Crippen molar-refractivity contribution in [1.82, 2.24) is 19.7 Å². The number of carboxylic acid groups (broad SMARTS) is 1. The van der Waals surface area contributed by atoms with Gasteiger partial charge in [0.25, 0.3) is 5.95 Å². The number of aromatic nitrogens is 3. The maximum Gasteiger partial charge on any atom is 0.414 e. The van der Waals surface area contributed by atoms with Crippen LogP contribution in [0.5, 0.6) is 0 Å². The van der Waals surface area contributed by atoms with Crippen LogP contribution in [-0.2, 0) is 29.0 Å². The molecule has 2 unspecified atom stereocenters. The maximum atomic E-state index is 11.9. The van der Waals surface area contributed by atoms with E-state index in [9.17, 15) is 14.7 Å². The van der Waals surface area contributed by atoms with Crippen LogP contribution in [-0.4, -0.2) is 56.0 Å². The first kappa shape index (κ1) is 18.4. The Labute approximate surface area is 162 Å². The number of anilines is 1. The van der Waals surface area contributed by atoms with Gasteiger partial charge in [0.2, 0.25) is 0 Å². The lowest BCUT2D eigenvalue weighted by atomic mass is 9.91. The van der Waals surface area contributed by atoms with Crippen molar-refractivity contribution in [3.63, 3.8) is 0 Å². The zero-order valence-corrected chi connectivity index (χ0v) is 15.7. The fourth-order valence-electron chi connectivity index (χ4n) is 4.01. The number of carboxylic acids is 1. The molecule has 9 nitrogen and oxygen atoms in total. The Bertz CT molecular complexity index is 896. The summed E-state index contributed by atoms with van der Waals surface area (Å²) in [4.78, 5) is 30.0. The normalized spacial score (nSPS) is 21.5. The van der Waals surface area contributed by atoms with Crippen molar-refractivity contribution in [3.05, 3.63) is 41.2 Å². The molecule has 4 rings (SSSR count). The lowest BCUT2D eigenvalue weighted by Crippen LogP contribution is -2.46. The van der Waals surface area contributed by atoms with E-state index in [1.165, 1.54) is 11.1 Å². The second-order valence-electron chi connectivity index (χ2n) is 7.09. The van der Waals surface area contributed by atoms with Crippen molar-refractivity contribution >= 4 is 18.0 Å². The highest BCUT2D eigenvalue weighted by Gasteiger charge is 2.38. The minimum Gasteiger partial charge on any atom is -0.481 e. The smallest absolute Gasteiger partial charge is 0.414 e. The summed E-state index contributed by atoms with van der Waals surface area (Å²) in [7, 11) is 0. The molecule has 2 N–H and O–H groups in total. The Hall–Kier alpha value is -2.94. The molecule has 1 aromatic carbocycles. The molecule has 2 aromatic rings. The second kappa shape index (κ2) is 7.59. The number of aliphatic carboxylic acids is 1. The van der Waals surface area contributed by atoms with E-state index in [-0.39, 0.29) is 18.6 Å². The number of ether oxygens (including phenoxy) is 1. The van der Waals surface area contributed by atoms with Crippen LogP contribution in [0.1, 0.15) is 36.2 Å². The minimum atomic E-state index is -0.932. The summed E-state index contributed by atoms with van der Waals surface area (Å²) in [5.74, 6) is -1.25. The molecule has 0 saturated carbocycles. The molecule has 2 atom stereocenters. The predicted octanol–water partition coefficient (Wildman–Crippen LogP) is 1.85. The molecular formula is C19H23N5O4. The van der Waals surface area contributed by atoms with Crippen molar-refractivity contribution in [2.75, 3.05) is 18.5 Å². The molecule has 0 aliphatic carbocycles.